The quantitative estimate of drug-likeness (QED) is 0.846. The van der Waals surface area contributed by atoms with Crippen molar-refractivity contribution in [2.75, 3.05) is 38.2 Å². The first-order valence-corrected chi connectivity index (χ1v) is 8.88. The number of para-hydroxylation sites is 1. The number of fused-ring (bicyclic) bond motifs is 1. The zero-order valence-electron chi connectivity index (χ0n) is 14.5. The number of carbonyl (C=O) groups is 1. The van der Waals surface area contributed by atoms with Crippen molar-refractivity contribution in [2.24, 2.45) is 11.8 Å². The Labute approximate surface area is 152 Å². The molecule has 2 aliphatic heterocycles. The molecule has 0 bridgehead atoms. The summed E-state index contributed by atoms with van der Waals surface area (Å²) >= 11 is 0. The number of aromatic nitrogens is 2. The summed E-state index contributed by atoms with van der Waals surface area (Å²) in [7, 11) is 0. The van der Waals surface area contributed by atoms with Crippen molar-refractivity contribution in [3.05, 3.63) is 48.8 Å². The minimum Gasteiger partial charge on any atom is -0.484 e. The standard InChI is InChI=1S/C19H22N4O3/c24-18(13-25-15-5-2-1-3-6-15)23-10-16-14(12-26-17(16)11-23)9-22-19-20-7-4-8-21-19/h1-8,14,16-17H,9-13H2,(H,20,21,22)/t14-,16+,17+/m1/s1. The molecule has 0 saturated carbocycles. The molecule has 2 aliphatic rings. The minimum atomic E-state index is 0.00459. The lowest BCUT2D eigenvalue weighted by Gasteiger charge is -2.20. The van der Waals surface area contributed by atoms with E-state index in [0.29, 0.717) is 43.2 Å². The van der Waals surface area contributed by atoms with Crippen LogP contribution >= 0.6 is 0 Å². The molecule has 0 radical (unpaired) electrons. The van der Waals surface area contributed by atoms with Crippen LogP contribution in [0, 0.1) is 11.8 Å². The van der Waals surface area contributed by atoms with E-state index in [0.717, 1.165) is 6.54 Å². The van der Waals surface area contributed by atoms with Crippen molar-refractivity contribution in [2.45, 2.75) is 6.10 Å². The molecule has 0 unspecified atom stereocenters. The summed E-state index contributed by atoms with van der Waals surface area (Å²) in [6.45, 7) is 2.86. The third-order valence-electron chi connectivity index (χ3n) is 4.99. The monoisotopic (exact) mass is 354 g/mol. The van der Waals surface area contributed by atoms with Gasteiger partial charge < -0.3 is 19.7 Å². The normalized spacial score (nSPS) is 24.3. The molecule has 7 nitrogen and oxygen atoms in total. The van der Waals surface area contributed by atoms with Crippen LogP contribution < -0.4 is 10.1 Å². The molecule has 1 aromatic carbocycles. The Balaban J connectivity index is 1.27. The van der Waals surface area contributed by atoms with E-state index in [1.807, 2.05) is 35.2 Å². The Hall–Kier alpha value is -2.67. The summed E-state index contributed by atoms with van der Waals surface area (Å²) in [4.78, 5) is 22.7. The third-order valence-corrected chi connectivity index (χ3v) is 4.99. The van der Waals surface area contributed by atoms with Gasteiger partial charge in [0, 0.05) is 43.9 Å². The molecular formula is C19H22N4O3. The number of carbonyl (C=O) groups excluding carboxylic acids is 1. The second-order valence-corrected chi connectivity index (χ2v) is 6.65. The Morgan fingerprint density at radius 3 is 2.81 bits per heavy atom. The maximum atomic E-state index is 12.4. The van der Waals surface area contributed by atoms with Gasteiger partial charge in [0.2, 0.25) is 5.95 Å². The summed E-state index contributed by atoms with van der Waals surface area (Å²) in [6, 6.07) is 11.2. The van der Waals surface area contributed by atoms with Gasteiger partial charge in [-0.3, -0.25) is 4.79 Å². The van der Waals surface area contributed by atoms with E-state index in [9.17, 15) is 4.79 Å². The van der Waals surface area contributed by atoms with E-state index >= 15 is 0 Å². The van der Waals surface area contributed by atoms with Crippen LogP contribution in [-0.4, -0.2) is 59.7 Å². The third kappa shape index (κ3) is 3.77. The minimum absolute atomic E-state index is 0.00459. The first kappa shape index (κ1) is 16.8. The molecule has 2 aromatic rings. The number of benzene rings is 1. The largest absolute Gasteiger partial charge is 0.484 e. The highest BCUT2D eigenvalue weighted by Gasteiger charge is 2.45. The first-order chi connectivity index (χ1) is 12.8. The van der Waals surface area contributed by atoms with Crippen LogP contribution in [0.2, 0.25) is 0 Å². The molecular weight excluding hydrogens is 332 g/mol. The second-order valence-electron chi connectivity index (χ2n) is 6.65. The number of likely N-dealkylation sites (tertiary alicyclic amines) is 1. The van der Waals surface area contributed by atoms with Gasteiger partial charge in [0.05, 0.1) is 12.7 Å². The Morgan fingerprint density at radius 2 is 2.00 bits per heavy atom. The van der Waals surface area contributed by atoms with E-state index in [2.05, 4.69) is 15.3 Å². The number of nitrogens with zero attached hydrogens (tertiary/aromatic N) is 3. The Morgan fingerprint density at radius 1 is 1.19 bits per heavy atom. The van der Waals surface area contributed by atoms with Crippen LogP contribution in [0.3, 0.4) is 0 Å². The van der Waals surface area contributed by atoms with Gasteiger partial charge in [-0.1, -0.05) is 18.2 Å². The van der Waals surface area contributed by atoms with Crippen molar-refractivity contribution in [3.63, 3.8) is 0 Å². The molecule has 3 heterocycles. The number of anilines is 1. The lowest BCUT2D eigenvalue weighted by molar-refractivity contribution is -0.133. The van der Waals surface area contributed by atoms with Crippen LogP contribution in [0.1, 0.15) is 0 Å². The number of hydrogen-bond acceptors (Lipinski definition) is 6. The summed E-state index contributed by atoms with van der Waals surface area (Å²) in [5, 5.41) is 3.26. The highest BCUT2D eigenvalue weighted by molar-refractivity contribution is 5.78. The zero-order valence-corrected chi connectivity index (χ0v) is 14.5. The molecule has 2 saturated heterocycles. The molecule has 0 spiro atoms. The lowest BCUT2D eigenvalue weighted by atomic mass is 9.93. The van der Waals surface area contributed by atoms with Gasteiger partial charge in [0.1, 0.15) is 5.75 Å². The SMILES string of the molecule is O=C(COc1ccccc1)N1C[C@H]2[C@H](CNc3ncccn3)CO[C@H]2C1. The van der Waals surface area contributed by atoms with E-state index < -0.39 is 0 Å². The average Bonchev–Trinajstić information content (AvgIpc) is 3.27. The number of rotatable bonds is 6. The molecule has 1 amide bonds. The average molecular weight is 354 g/mol. The molecule has 1 N–H and O–H groups in total. The van der Waals surface area contributed by atoms with Crippen molar-refractivity contribution in [1.82, 2.24) is 14.9 Å². The molecule has 4 rings (SSSR count). The Bertz CT molecular complexity index is 728. The van der Waals surface area contributed by atoms with Crippen LogP contribution in [0.15, 0.2) is 48.8 Å². The van der Waals surface area contributed by atoms with Crippen LogP contribution in [0.5, 0.6) is 5.75 Å². The molecule has 7 heteroatoms. The molecule has 1 aromatic heterocycles. The van der Waals surface area contributed by atoms with E-state index in [1.165, 1.54) is 0 Å². The predicted octanol–water partition coefficient (Wildman–Crippen LogP) is 1.44. The fraction of sp³-hybridized carbons (Fsp3) is 0.421. The number of nitrogens with one attached hydrogen (secondary N) is 1. The predicted molar refractivity (Wildman–Crippen MR) is 95.8 cm³/mol. The molecule has 3 atom stereocenters. The Kier molecular flexibility index (Phi) is 4.97. The first-order valence-electron chi connectivity index (χ1n) is 8.88. The number of ether oxygens (including phenoxy) is 2. The smallest absolute Gasteiger partial charge is 0.260 e. The van der Waals surface area contributed by atoms with Gasteiger partial charge in [-0.2, -0.15) is 0 Å². The lowest BCUT2D eigenvalue weighted by Crippen LogP contribution is -2.35. The molecule has 26 heavy (non-hydrogen) atoms. The van der Waals surface area contributed by atoms with Crippen molar-refractivity contribution in [1.29, 1.82) is 0 Å². The second kappa shape index (κ2) is 7.70. The maximum absolute atomic E-state index is 12.4. The highest BCUT2D eigenvalue weighted by atomic mass is 16.5. The van der Waals surface area contributed by atoms with Gasteiger partial charge in [0.15, 0.2) is 6.61 Å². The summed E-state index contributed by atoms with van der Waals surface area (Å²) in [5.41, 5.74) is 0. The topological polar surface area (TPSA) is 76.6 Å². The fourth-order valence-electron chi connectivity index (χ4n) is 3.58. The zero-order chi connectivity index (χ0) is 17.8. The van der Waals surface area contributed by atoms with Crippen LogP contribution in [-0.2, 0) is 9.53 Å². The molecule has 0 aliphatic carbocycles. The van der Waals surface area contributed by atoms with Gasteiger partial charge in [-0.25, -0.2) is 9.97 Å². The summed E-state index contributed by atoms with van der Waals surface area (Å²) in [5.74, 6) is 2.02. The van der Waals surface area contributed by atoms with E-state index in [4.69, 9.17) is 9.47 Å². The molecule has 136 valence electrons. The summed E-state index contributed by atoms with van der Waals surface area (Å²) in [6.07, 6.45) is 3.54. The van der Waals surface area contributed by atoms with E-state index in [-0.39, 0.29) is 18.6 Å². The summed E-state index contributed by atoms with van der Waals surface area (Å²) < 4.78 is 11.5. The van der Waals surface area contributed by atoms with Gasteiger partial charge in [-0.05, 0) is 18.2 Å². The van der Waals surface area contributed by atoms with Crippen molar-refractivity contribution >= 4 is 11.9 Å². The van der Waals surface area contributed by atoms with Gasteiger partial charge in [0.25, 0.3) is 5.91 Å². The van der Waals surface area contributed by atoms with Gasteiger partial charge in [-0.15, -0.1) is 0 Å². The number of amides is 1. The van der Waals surface area contributed by atoms with Crippen molar-refractivity contribution in [3.8, 4) is 5.75 Å². The van der Waals surface area contributed by atoms with Gasteiger partial charge >= 0.3 is 0 Å². The molecule has 2 fully saturated rings. The maximum Gasteiger partial charge on any atom is 0.260 e. The highest BCUT2D eigenvalue weighted by Crippen LogP contribution is 2.33. The van der Waals surface area contributed by atoms with Crippen molar-refractivity contribution < 1.29 is 14.3 Å². The van der Waals surface area contributed by atoms with E-state index in [1.54, 1.807) is 18.5 Å². The van der Waals surface area contributed by atoms with Crippen LogP contribution in [0.4, 0.5) is 5.95 Å². The van der Waals surface area contributed by atoms with Crippen LogP contribution in [0.25, 0.3) is 0 Å². The number of hydrogen-bond donors (Lipinski definition) is 1. The fourth-order valence-corrected chi connectivity index (χ4v) is 3.58.